The molecular formula is C15H19N5. The molecule has 0 N–H and O–H groups in total. The molecule has 104 valence electrons. The molecule has 3 heterocycles. The SMILES string of the molecule is Cc1nc(CN(C)Cc2nccn2C)c2ccccn12. The highest BCUT2D eigenvalue weighted by Crippen LogP contribution is 2.15. The van der Waals surface area contributed by atoms with Gasteiger partial charge in [0.05, 0.1) is 17.8 Å². The van der Waals surface area contributed by atoms with E-state index in [1.807, 2.05) is 37.0 Å². The van der Waals surface area contributed by atoms with Crippen molar-refractivity contribution < 1.29 is 0 Å². The first-order valence-electron chi connectivity index (χ1n) is 6.72. The van der Waals surface area contributed by atoms with Gasteiger partial charge in [-0.25, -0.2) is 9.97 Å². The summed E-state index contributed by atoms with van der Waals surface area (Å²) in [7, 11) is 4.12. The standard InChI is InChI=1S/C15H19N5/c1-12-17-13(14-6-4-5-8-20(12)14)10-18(2)11-15-16-7-9-19(15)3/h4-9H,10-11H2,1-3H3. The molecule has 0 aliphatic rings. The molecule has 0 unspecified atom stereocenters. The van der Waals surface area contributed by atoms with E-state index in [4.69, 9.17) is 0 Å². The number of hydrogen-bond donors (Lipinski definition) is 0. The normalized spacial score (nSPS) is 11.6. The minimum Gasteiger partial charge on any atom is -0.337 e. The monoisotopic (exact) mass is 269 g/mol. The molecule has 0 saturated carbocycles. The molecular weight excluding hydrogens is 250 g/mol. The predicted octanol–water partition coefficient (Wildman–Crippen LogP) is 2.01. The van der Waals surface area contributed by atoms with E-state index >= 15 is 0 Å². The van der Waals surface area contributed by atoms with Crippen molar-refractivity contribution in [3.8, 4) is 0 Å². The van der Waals surface area contributed by atoms with Gasteiger partial charge in [0.2, 0.25) is 0 Å². The van der Waals surface area contributed by atoms with Gasteiger partial charge >= 0.3 is 0 Å². The number of imidazole rings is 2. The second kappa shape index (κ2) is 5.09. The van der Waals surface area contributed by atoms with Crippen molar-refractivity contribution in [2.24, 2.45) is 7.05 Å². The third-order valence-corrected chi connectivity index (χ3v) is 3.55. The molecule has 0 spiro atoms. The van der Waals surface area contributed by atoms with Crippen LogP contribution in [0.15, 0.2) is 36.8 Å². The van der Waals surface area contributed by atoms with E-state index < -0.39 is 0 Å². The van der Waals surface area contributed by atoms with Crippen LogP contribution in [0.4, 0.5) is 0 Å². The summed E-state index contributed by atoms with van der Waals surface area (Å²) >= 11 is 0. The quantitative estimate of drug-likeness (QED) is 0.727. The van der Waals surface area contributed by atoms with Crippen LogP contribution < -0.4 is 0 Å². The highest BCUT2D eigenvalue weighted by molar-refractivity contribution is 5.52. The molecule has 0 aromatic carbocycles. The number of rotatable bonds is 4. The molecule has 0 aliphatic heterocycles. The van der Waals surface area contributed by atoms with Crippen LogP contribution in [0.1, 0.15) is 17.3 Å². The zero-order valence-electron chi connectivity index (χ0n) is 12.1. The van der Waals surface area contributed by atoms with Gasteiger partial charge in [-0.05, 0) is 26.1 Å². The van der Waals surface area contributed by atoms with Crippen molar-refractivity contribution >= 4 is 5.52 Å². The van der Waals surface area contributed by atoms with E-state index in [1.165, 1.54) is 5.52 Å². The molecule has 3 aromatic heterocycles. The average molecular weight is 269 g/mol. The summed E-state index contributed by atoms with van der Waals surface area (Å²) in [5.41, 5.74) is 2.29. The van der Waals surface area contributed by atoms with Crippen LogP contribution in [-0.2, 0) is 20.1 Å². The molecule has 3 rings (SSSR count). The van der Waals surface area contributed by atoms with E-state index in [0.29, 0.717) is 0 Å². The van der Waals surface area contributed by atoms with Crippen LogP contribution in [0, 0.1) is 6.92 Å². The van der Waals surface area contributed by atoms with Gasteiger partial charge in [0.25, 0.3) is 0 Å². The zero-order chi connectivity index (χ0) is 14.1. The largest absolute Gasteiger partial charge is 0.337 e. The summed E-state index contributed by atoms with van der Waals surface area (Å²) in [6.45, 7) is 3.66. The molecule has 5 heteroatoms. The van der Waals surface area contributed by atoms with E-state index in [1.54, 1.807) is 0 Å². The van der Waals surface area contributed by atoms with Crippen molar-refractivity contribution in [1.82, 2.24) is 23.8 Å². The first kappa shape index (κ1) is 12.9. The van der Waals surface area contributed by atoms with Gasteiger partial charge in [0.1, 0.15) is 11.6 Å². The van der Waals surface area contributed by atoms with Crippen molar-refractivity contribution in [2.45, 2.75) is 20.0 Å². The van der Waals surface area contributed by atoms with E-state index in [0.717, 1.165) is 30.4 Å². The number of fused-ring (bicyclic) bond motifs is 1. The van der Waals surface area contributed by atoms with E-state index in [-0.39, 0.29) is 0 Å². The maximum absolute atomic E-state index is 4.68. The number of pyridine rings is 1. The fraction of sp³-hybridized carbons (Fsp3) is 0.333. The Bertz CT molecular complexity index is 725. The van der Waals surface area contributed by atoms with Gasteiger partial charge in [-0.15, -0.1) is 0 Å². The number of hydrogen-bond acceptors (Lipinski definition) is 3. The van der Waals surface area contributed by atoms with Gasteiger partial charge in [-0.3, -0.25) is 4.90 Å². The van der Waals surface area contributed by atoms with Crippen molar-refractivity contribution in [3.05, 3.63) is 54.1 Å². The van der Waals surface area contributed by atoms with Crippen molar-refractivity contribution in [2.75, 3.05) is 7.05 Å². The lowest BCUT2D eigenvalue weighted by atomic mass is 10.3. The first-order chi connectivity index (χ1) is 9.65. The topological polar surface area (TPSA) is 38.4 Å². The molecule has 0 atom stereocenters. The van der Waals surface area contributed by atoms with Crippen LogP contribution in [0.5, 0.6) is 0 Å². The first-order valence-corrected chi connectivity index (χ1v) is 6.72. The van der Waals surface area contributed by atoms with Crippen molar-refractivity contribution in [3.63, 3.8) is 0 Å². The lowest BCUT2D eigenvalue weighted by Crippen LogP contribution is -2.19. The fourth-order valence-electron chi connectivity index (χ4n) is 2.49. The van der Waals surface area contributed by atoms with Gasteiger partial charge < -0.3 is 8.97 Å². The maximum Gasteiger partial charge on any atom is 0.122 e. The molecule has 0 radical (unpaired) electrons. The second-order valence-corrected chi connectivity index (χ2v) is 5.19. The Labute approximate surface area is 118 Å². The van der Waals surface area contributed by atoms with Crippen molar-refractivity contribution in [1.29, 1.82) is 0 Å². The highest BCUT2D eigenvalue weighted by Gasteiger charge is 2.11. The van der Waals surface area contributed by atoms with Gasteiger partial charge in [-0.2, -0.15) is 0 Å². The molecule has 0 amide bonds. The second-order valence-electron chi connectivity index (χ2n) is 5.19. The molecule has 20 heavy (non-hydrogen) atoms. The average Bonchev–Trinajstić information content (AvgIpc) is 2.96. The van der Waals surface area contributed by atoms with Crippen LogP contribution in [0.2, 0.25) is 0 Å². The zero-order valence-corrected chi connectivity index (χ0v) is 12.1. The van der Waals surface area contributed by atoms with Crippen LogP contribution in [0.25, 0.3) is 5.52 Å². The summed E-state index contributed by atoms with van der Waals surface area (Å²) in [4.78, 5) is 11.3. The Hall–Kier alpha value is -2.14. The summed E-state index contributed by atoms with van der Waals surface area (Å²) in [5, 5.41) is 0. The lowest BCUT2D eigenvalue weighted by molar-refractivity contribution is 0.305. The van der Waals surface area contributed by atoms with Crippen LogP contribution in [-0.4, -0.2) is 30.9 Å². The van der Waals surface area contributed by atoms with E-state index in [2.05, 4.69) is 44.6 Å². The van der Waals surface area contributed by atoms with Gasteiger partial charge in [0, 0.05) is 32.2 Å². The van der Waals surface area contributed by atoms with Crippen LogP contribution >= 0.6 is 0 Å². The molecule has 0 bridgehead atoms. The molecule has 3 aromatic rings. The summed E-state index contributed by atoms with van der Waals surface area (Å²) in [6.07, 6.45) is 5.86. The highest BCUT2D eigenvalue weighted by atomic mass is 15.2. The molecule has 0 fully saturated rings. The number of nitrogens with zero attached hydrogens (tertiary/aromatic N) is 5. The third kappa shape index (κ3) is 2.32. The Morgan fingerprint density at radius 3 is 2.80 bits per heavy atom. The Balaban J connectivity index is 1.81. The molecule has 0 saturated heterocycles. The Kier molecular flexibility index (Phi) is 3.28. The summed E-state index contributed by atoms with van der Waals surface area (Å²) in [5.74, 6) is 2.09. The maximum atomic E-state index is 4.68. The predicted molar refractivity (Wildman–Crippen MR) is 78.3 cm³/mol. The molecule has 0 aliphatic carbocycles. The minimum absolute atomic E-state index is 0.814. The lowest BCUT2D eigenvalue weighted by Gasteiger charge is -2.15. The smallest absolute Gasteiger partial charge is 0.122 e. The fourth-order valence-corrected chi connectivity index (χ4v) is 2.49. The Morgan fingerprint density at radius 2 is 2.05 bits per heavy atom. The Morgan fingerprint density at radius 1 is 1.20 bits per heavy atom. The van der Waals surface area contributed by atoms with E-state index in [9.17, 15) is 0 Å². The number of aryl methyl sites for hydroxylation is 2. The molecule has 5 nitrogen and oxygen atoms in total. The summed E-state index contributed by atoms with van der Waals surface area (Å²) < 4.78 is 4.18. The third-order valence-electron chi connectivity index (χ3n) is 3.55. The minimum atomic E-state index is 0.814. The van der Waals surface area contributed by atoms with Crippen LogP contribution in [0.3, 0.4) is 0 Å². The van der Waals surface area contributed by atoms with Gasteiger partial charge in [-0.1, -0.05) is 6.07 Å². The van der Waals surface area contributed by atoms with Gasteiger partial charge in [0.15, 0.2) is 0 Å². The number of aromatic nitrogens is 4. The summed E-state index contributed by atoms with van der Waals surface area (Å²) in [6, 6.07) is 6.20.